The van der Waals surface area contributed by atoms with Gasteiger partial charge in [0.1, 0.15) is 6.54 Å². The van der Waals surface area contributed by atoms with Crippen molar-refractivity contribution >= 4 is 5.91 Å². The Morgan fingerprint density at radius 3 is 2.48 bits per heavy atom. The van der Waals surface area contributed by atoms with Crippen LogP contribution >= 0.6 is 0 Å². The summed E-state index contributed by atoms with van der Waals surface area (Å²) in [5.74, 6) is -0.601. The largest absolute Gasteiger partial charge is 0.406 e. The lowest BCUT2D eigenvalue weighted by Crippen LogP contribution is -2.40. The number of hydrogen-bond acceptors (Lipinski definition) is 2. The van der Waals surface area contributed by atoms with Crippen LogP contribution in [0.15, 0.2) is 43.0 Å². The maximum Gasteiger partial charge on any atom is 0.406 e. The summed E-state index contributed by atoms with van der Waals surface area (Å²) in [5, 5.41) is 4.42. The van der Waals surface area contributed by atoms with E-state index in [-0.39, 0.29) is 13.0 Å². The summed E-state index contributed by atoms with van der Waals surface area (Å²) in [6.45, 7) is 5.53. The number of nitrogens with zero attached hydrogens (tertiary/aromatic N) is 3. The van der Waals surface area contributed by atoms with Crippen LogP contribution in [0.25, 0.3) is 5.69 Å². The fourth-order valence-electron chi connectivity index (χ4n) is 2.64. The van der Waals surface area contributed by atoms with E-state index in [0.717, 1.165) is 16.3 Å². The molecule has 25 heavy (non-hydrogen) atoms. The number of para-hydroxylation sites is 1. The second kappa shape index (κ2) is 7.55. The quantitative estimate of drug-likeness (QED) is 0.746. The Bertz CT molecular complexity index is 751. The van der Waals surface area contributed by atoms with Crippen molar-refractivity contribution in [2.75, 3.05) is 13.1 Å². The standard InChI is InChI=1S/C18H20F3N3O/c1-4-10-23(12-18(19,20)21)17(25)11-16-13(2)22-24(14(16)3)15-8-6-5-7-9-15/h4-9H,1,10-12H2,2-3H3. The minimum atomic E-state index is -4.45. The van der Waals surface area contributed by atoms with E-state index < -0.39 is 18.6 Å². The molecule has 0 N–H and O–H groups in total. The van der Waals surface area contributed by atoms with Gasteiger partial charge in [0.05, 0.1) is 17.8 Å². The molecule has 0 atom stereocenters. The van der Waals surface area contributed by atoms with Crippen LogP contribution in [0, 0.1) is 13.8 Å². The number of rotatable bonds is 6. The summed E-state index contributed by atoms with van der Waals surface area (Å²) in [7, 11) is 0. The first kappa shape index (κ1) is 18.8. The lowest BCUT2D eigenvalue weighted by Gasteiger charge is -2.22. The van der Waals surface area contributed by atoms with Gasteiger partial charge in [-0.2, -0.15) is 18.3 Å². The molecule has 4 nitrogen and oxygen atoms in total. The molecule has 0 saturated heterocycles. The molecule has 1 aromatic carbocycles. The van der Waals surface area contributed by atoms with E-state index in [0.29, 0.717) is 11.3 Å². The van der Waals surface area contributed by atoms with E-state index in [1.165, 1.54) is 6.08 Å². The van der Waals surface area contributed by atoms with E-state index in [1.807, 2.05) is 30.3 Å². The van der Waals surface area contributed by atoms with Crippen LogP contribution in [0.1, 0.15) is 17.0 Å². The number of carbonyl (C=O) groups excluding carboxylic acids is 1. The number of halogens is 3. The van der Waals surface area contributed by atoms with Gasteiger partial charge in [0.2, 0.25) is 5.91 Å². The third kappa shape index (κ3) is 4.71. The van der Waals surface area contributed by atoms with Crippen molar-refractivity contribution in [3.8, 4) is 5.69 Å². The SMILES string of the molecule is C=CCN(CC(F)(F)F)C(=O)Cc1c(C)nn(-c2ccccc2)c1C. The Morgan fingerprint density at radius 1 is 1.28 bits per heavy atom. The highest BCUT2D eigenvalue weighted by Crippen LogP contribution is 2.21. The van der Waals surface area contributed by atoms with Crippen LogP contribution in [-0.4, -0.2) is 39.9 Å². The van der Waals surface area contributed by atoms with E-state index in [4.69, 9.17) is 0 Å². The molecular weight excluding hydrogens is 331 g/mol. The molecule has 0 unspecified atom stereocenters. The van der Waals surface area contributed by atoms with Crippen molar-refractivity contribution in [1.82, 2.24) is 14.7 Å². The van der Waals surface area contributed by atoms with E-state index >= 15 is 0 Å². The summed E-state index contributed by atoms with van der Waals surface area (Å²) in [6.07, 6.45) is -3.29. The normalized spacial score (nSPS) is 11.4. The number of amides is 1. The number of carbonyl (C=O) groups is 1. The highest BCUT2D eigenvalue weighted by atomic mass is 19.4. The molecule has 0 aliphatic heterocycles. The zero-order chi connectivity index (χ0) is 18.6. The fourth-order valence-corrected chi connectivity index (χ4v) is 2.64. The summed E-state index contributed by atoms with van der Waals surface area (Å²) in [5.41, 5.74) is 2.84. The summed E-state index contributed by atoms with van der Waals surface area (Å²) in [4.78, 5) is 13.1. The van der Waals surface area contributed by atoms with Crippen LogP contribution in [-0.2, 0) is 11.2 Å². The van der Waals surface area contributed by atoms with E-state index in [2.05, 4.69) is 11.7 Å². The van der Waals surface area contributed by atoms with E-state index in [9.17, 15) is 18.0 Å². The van der Waals surface area contributed by atoms with Gasteiger partial charge in [0.15, 0.2) is 0 Å². The molecular formula is C18H20F3N3O. The van der Waals surface area contributed by atoms with Crippen molar-refractivity contribution in [2.24, 2.45) is 0 Å². The van der Waals surface area contributed by atoms with Gasteiger partial charge in [0, 0.05) is 17.8 Å². The maximum atomic E-state index is 12.7. The molecule has 0 saturated carbocycles. The molecule has 2 rings (SSSR count). The average molecular weight is 351 g/mol. The lowest BCUT2D eigenvalue weighted by atomic mass is 10.1. The van der Waals surface area contributed by atoms with Crippen LogP contribution in [0.3, 0.4) is 0 Å². The average Bonchev–Trinajstić information content (AvgIpc) is 2.82. The number of aromatic nitrogens is 2. The topological polar surface area (TPSA) is 38.1 Å². The molecule has 0 aliphatic rings. The number of hydrogen-bond donors (Lipinski definition) is 0. The third-order valence-corrected chi connectivity index (χ3v) is 3.84. The first-order chi connectivity index (χ1) is 11.7. The Balaban J connectivity index is 2.26. The van der Waals surface area contributed by atoms with Gasteiger partial charge in [-0.05, 0) is 26.0 Å². The summed E-state index contributed by atoms with van der Waals surface area (Å²) in [6, 6.07) is 9.36. The minimum Gasteiger partial charge on any atom is -0.330 e. The summed E-state index contributed by atoms with van der Waals surface area (Å²) >= 11 is 0. The smallest absolute Gasteiger partial charge is 0.330 e. The van der Waals surface area contributed by atoms with Crippen LogP contribution < -0.4 is 0 Å². The van der Waals surface area contributed by atoms with Gasteiger partial charge in [-0.3, -0.25) is 4.79 Å². The first-order valence-electron chi connectivity index (χ1n) is 7.79. The van der Waals surface area contributed by atoms with Crippen molar-refractivity contribution < 1.29 is 18.0 Å². The van der Waals surface area contributed by atoms with Gasteiger partial charge >= 0.3 is 6.18 Å². The maximum absolute atomic E-state index is 12.7. The van der Waals surface area contributed by atoms with Gasteiger partial charge in [-0.25, -0.2) is 4.68 Å². The van der Waals surface area contributed by atoms with Gasteiger partial charge in [0.25, 0.3) is 0 Å². The van der Waals surface area contributed by atoms with Crippen LogP contribution in [0.4, 0.5) is 13.2 Å². The molecule has 0 bridgehead atoms. The molecule has 1 heterocycles. The Labute approximate surface area is 144 Å². The Hall–Kier alpha value is -2.57. The first-order valence-corrected chi connectivity index (χ1v) is 7.79. The molecule has 0 spiro atoms. The minimum absolute atomic E-state index is 0.131. The molecule has 1 amide bonds. The van der Waals surface area contributed by atoms with Gasteiger partial charge in [-0.15, -0.1) is 6.58 Å². The number of aryl methyl sites for hydroxylation is 1. The highest BCUT2D eigenvalue weighted by molar-refractivity contribution is 5.79. The molecule has 7 heteroatoms. The second-order valence-corrected chi connectivity index (χ2v) is 5.75. The van der Waals surface area contributed by atoms with Crippen molar-refractivity contribution in [3.63, 3.8) is 0 Å². The molecule has 0 radical (unpaired) electrons. The zero-order valence-corrected chi connectivity index (χ0v) is 14.2. The second-order valence-electron chi connectivity index (χ2n) is 5.75. The van der Waals surface area contributed by atoms with Gasteiger partial charge in [-0.1, -0.05) is 24.3 Å². The summed E-state index contributed by atoms with van der Waals surface area (Å²) < 4.78 is 39.7. The Morgan fingerprint density at radius 2 is 1.92 bits per heavy atom. The van der Waals surface area contributed by atoms with Crippen LogP contribution in [0.2, 0.25) is 0 Å². The molecule has 0 fully saturated rings. The van der Waals surface area contributed by atoms with Crippen molar-refractivity contribution in [1.29, 1.82) is 0 Å². The fraction of sp³-hybridized carbons (Fsp3) is 0.333. The molecule has 0 aliphatic carbocycles. The monoisotopic (exact) mass is 351 g/mol. The molecule has 1 aromatic heterocycles. The zero-order valence-electron chi connectivity index (χ0n) is 14.2. The molecule has 2 aromatic rings. The Kier molecular flexibility index (Phi) is 5.66. The number of benzene rings is 1. The lowest BCUT2D eigenvalue weighted by molar-refractivity contribution is -0.159. The third-order valence-electron chi connectivity index (χ3n) is 3.84. The van der Waals surface area contributed by atoms with E-state index in [1.54, 1.807) is 18.5 Å². The van der Waals surface area contributed by atoms with Crippen molar-refractivity contribution in [2.45, 2.75) is 26.4 Å². The highest BCUT2D eigenvalue weighted by Gasteiger charge is 2.33. The van der Waals surface area contributed by atoms with Crippen LogP contribution in [0.5, 0.6) is 0 Å². The predicted octanol–water partition coefficient (Wildman–Crippen LogP) is 3.61. The predicted molar refractivity (Wildman–Crippen MR) is 89.6 cm³/mol. The van der Waals surface area contributed by atoms with Crippen molar-refractivity contribution in [3.05, 3.63) is 59.9 Å². The van der Waals surface area contributed by atoms with Gasteiger partial charge < -0.3 is 4.90 Å². The molecule has 134 valence electrons. The number of alkyl halides is 3.